The molecular formula is C13H20FNO. The van der Waals surface area contributed by atoms with Gasteiger partial charge < -0.3 is 10.5 Å². The maximum atomic E-state index is 13.6. The summed E-state index contributed by atoms with van der Waals surface area (Å²) in [6, 6.07) is 5.64. The van der Waals surface area contributed by atoms with Crippen LogP contribution < -0.4 is 10.5 Å². The molecule has 0 aliphatic rings. The molecule has 2 atom stereocenters. The summed E-state index contributed by atoms with van der Waals surface area (Å²) in [7, 11) is 1.57. The lowest BCUT2D eigenvalue weighted by Crippen LogP contribution is -2.08. The lowest BCUT2D eigenvalue weighted by Gasteiger charge is -2.19. The maximum Gasteiger partial charge on any atom is 0.126 e. The predicted octanol–water partition coefficient (Wildman–Crippen LogP) is 3.18. The molecule has 2 N–H and O–H groups in total. The van der Waals surface area contributed by atoms with Crippen molar-refractivity contribution in [2.45, 2.75) is 32.4 Å². The number of hydrogen-bond acceptors (Lipinski definition) is 2. The number of hydrogen-bond donors (Lipinski definition) is 1. The van der Waals surface area contributed by atoms with Crippen molar-refractivity contribution in [1.29, 1.82) is 0 Å². The third-order valence-electron chi connectivity index (χ3n) is 2.85. The van der Waals surface area contributed by atoms with Gasteiger partial charge in [0.05, 0.1) is 7.11 Å². The normalized spacial score (nSPS) is 14.6. The Morgan fingerprint density at radius 2 is 2.06 bits per heavy atom. The van der Waals surface area contributed by atoms with E-state index in [1.165, 1.54) is 6.92 Å². The third kappa shape index (κ3) is 2.73. The second-order valence-electron chi connectivity index (χ2n) is 4.06. The van der Waals surface area contributed by atoms with Crippen molar-refractivity contribution >= 4 is 0 Å². The molecule has 0 amide bonds. The quantitative estimate of drug-likeness (QED) is 0.835. The summed E-state index contributed by atoms with van der Waals surface area (Å²) in [6.07, 6.45) is -0.168. The van der Waals surface area contributed by atoms with Crippen molar-refractivity contribution in [3.05, 3.63) is 29.3 Å². The molecule has 1 aromatic carbocycles. The number of nitrogens with two attached hydrogens (primary N) is 1. The zero-order chi connectivity index (χ0) is 12.1. The van der Waals surface area contributed by atoms with E-state index in [9.17, 15) is 4.39 Å². The van der Waals surface area contributed by atoms with E-state index < -0.39 is 6.17 Å². The first-order valence-electron chi connectivity index (χ1n) is 5.62. The second-order valence-corrected chi connectivity index (χ2v) is 4.06. The highest BCUT2D eigenvalue weighted by Gasteiger charge is 2.18. The second kappa shape index (κ2) is 5.85. The van der Waals surface area contributed by atoms with Gasteiger partial charge >= 0.3 is 0 Å². The van der Waals surface area contributed by atoms with Crippen molar-refractivity contribution in [1.82, 2.24) is 0 Å². The molecule has 2 unspecified atom stereocenters. The Balaban J connectivity index is 3.16. The molecular weight excluding hydrogens is 205 g/mol. The van der Waals surface area contributed by atoms with Crippen molar-refractivity contribution in [2.24, 2.45) is 5.73 Å². The molecule has 1 aromatic rings. The molecule has 0 aliphatic carbocycles. The van der Waals surface area contributed by atoms with Crippen molar-refractivity contribution in [3.8, 4) is 5.75 Å². The molecule has 0 bridgehead atoms. The van der Waals surface area contributed by atoms with Crippen LogP contribution in [0.4, 0.5) is 4.39 Å². The highest BCUT2D eigenvalue weighted by atomic mass is 19.1. The van der Waals surface area contributed by atoms with E-state index in [1.807, 2.05) is 12.1 Å². The molecule has 0 radical (unpaired) electrons. The Hall–Kier alpha value is -1.09. The van der Waals surface area contributed by atoms with Crippen molar-refractivity contribution in [2.75, 3.05) is 13.7 Å². The molecule has 0 spiro atoms. The summed E-state index contributed by atoms with van der Waals surface area (Å²) in [6.45, 7) is 4.21. The molecule has 16 heavy (non-hydrogen) atoms. The lowest BCUT2D eigenvalue weighted by atomic mass is 9.91. The largest absolute Gasteiger partial charge is 0.496 e. The van der Waals surface area contributed by atoms with Gasteiger partial charge in [0.25, 0.3) is 0 Å². The number of benzene rings is 1. The molecule has 2 nitrogen and oxygen atoms in total. The number of alkyl halides is 1. The van der Waals surface area contributed by atoms with Crippen LogP contribution in [0.2, 0.25) is 0 Å². The minimum Gasteiger partial charge on any atom is -0.496 e. The lowest BCUT2D eigenvalue weighted by molar-refractivity contribution is 0.342. The van der Waals surface area contributed by atoms with Crippen molar-refractivity contribution < 1.29 is 9.13 Å². The topological polar surface area (TPSA) is 35.2 Å². The van der Waals surface area contributed by atoms with Gasteiger partial charge in [0.1, 0.15) is 11.9 Å². The highest BCUT2D eigenvalue weighted by molar-refractivity contribution is 5.43. The van der Waals surface area contributed by atoms with Crippen molar-refractivity contribution in [3.63, 3.8) is 0 Å². The molecule has 1 rings (SSSR count). The number of halogens is 1. The van der Waals surface area contributed by atoms with Crippen LogP contribution in [-0.4, -0.2) is 13.7 Å². The Labute approximate surface area is 96.6 Å². The van der Waals surface area contributed by atoms with Crippen LogP contribution in [-0.2, 0) is 0 Å². The fourth-order valence-corrected chi connectivity index (χ4v) is 2.00. The monoisotopic (exact) mass is 225 g/mol. The van der Waals surface area contributed by atoms with E-state index in [0.29, 0.717) is 17.9 Å². The molecule has 0 fully saturated rings. The highest BCUT2D eigenvalue weighted by Crippen LogP contribution is 2.35. The van der Waals surface area contributed by atoms with Crippen LogP contribution in [0.3, 0.4) is 0 Å². The van der Waals surface area contributed by atoms with Gasteiger partial charge in [-0.3, -0.25) is 0 Å². The summed E-state index contributed by atoms with van der Waals surface area (Å²) in [5, 5.41) is 0. The zero-order valence-corrected chi connectivity index (χ0v) is 10.2. The number of rotatable bonds is 5. The number of ether oxygens (including phenoxy) is 1. The van der Waals surface area contributed by atoms with Crippen LogP contribution in [0.1, 0.15) is 43.5 Å². The summed E-state index contributed by atoms with van der Waals surface area (Å²) in [4.78, 5) is 0. The fourth-order valence-electron chi connectivity index (χ4n) is 2.00. The Morgan fingerprint density at radius 1 is 1.38 bits per heavy atom. The van der Waals surface area contributed by atoms with E-state index in [0.717, 1.165) is 12.0 Å². The van der Waals surface area contributed by atoms with Gasteiger partial charge in [-0.05, 0) is 37.4 Å². The number of methoxy groups -OCH3 is 1. The molecule has 0 heterocycles. The standard InChI is InChI=1S/C13H20FNO/c1-9(7-8-15)11-5-4-6-12(16-3)13(11)10(2)14/h4-6,9-10H,7-8,15H2,1-3H3. The first-order valence-corrected chi connectivity index (χ1v) is 5.62. The van der Waals surface area contributed by atoms with Gasteiger partial charge in [-0.25, -0.2) is 4.39 Å². The summed E-state index contributed by atoms with van der Waals surface area (Å²) >= 11 is 0. The summed E-state index contributed by atoms with van der Waals surface area (Å²) in [5.74, 6) is 0.879. The first-order chi connectivity index (χ1) is 7.61. The van der Waals surface area contributed by atoms with E-state index in [2.05, 4.69) is 6.92 Å². The smallest absolute Gasteiger partial charge is 0.126 e. The van der Waals surface area contributed by atoms with Gasteiger partial charge in [0.15, 0.2) is 0 Å². The molecule has 0 aliphatic heterocycles. The predicted molar refractivity (Wildman–Crippen MR) is 64.6 cm³/mol. The van der Waals surface area contributed by atoms with Crippen LogP contribution in [0.5, 0.6) is 5.75 Å². The molecule has 0 aromatic heterocycles. The Bertz CT molecular complexity index is 339. The summed E-state index contributed by atoms with van der Waals surface area (Å²) in [5.41, 5.74) is 7.20. The Morgan fingerprint density at radius 3 is 2.56 bits per heavy atom. The van der Waals surface area contributed by atoms with E-state index in [-0.39, 0.29) is 5.92 Å². The third-order valence-corrected chi connectivity index (χ3v) is 2.85. The van der Waals surface area contributed by atoms with Crippen LogP contribution in [0.15, 0.2) is 18.2 Å². The van der Waals surface area contributed by atoms with Gasteiger partial charge in [0, 0.05) is 5.56 Å². The van der Waals surface area contributed by atoms with E-state index in [1.54, 1.807) is 13.2 Å². The minimum atomic E-state index is -1.02. The molecule has 90 valence electrons. The van der Waals surface area contributed by atoms with Crippen LogP contribution >= 0.6 is 0 Å². The van der Waals surface area contributed by atoms with Crippen LogP contribution in [0, 0.1) is 0 Å². The Kier molecular flexibility index (Phi) is 4.74. The zero-order valence-electron chi connectivity index (χ0n) is 10.2. The van der Waals surface area contributed by atoms with Gasteiger partial charge in [-0.1, -0.05) is 19.1 Å². The van der Waals surface area contributed by atoms with Gasteiger partial charge in [-0.2, -0.15) is 0 Å². The maximum absolute atomic E-state index is 13.6. The summed E-state index contributed by atoms with van der Waals surface area (Å²) < 4.78 is 18.8. The molecule has 0 saturated heterocycles. The molecule has 3 heteroatoms. The van der Waals surface area contributed by atoms with Gasteiger partial charge in [-0.15, -0.1) is 0 Å². The van der Waals surface area contributed by atoms with Gasteiger partial charge in [0.2, 0.25) is 0 Å². The minimum absolute atomic E-state index is 0.258. The molecule has 0 saturated carbocycles. The van der Waals surface area contributed by atoms with E-state index >= 15 is 0 Å². The van der Waals surface area contributed by atoms with E-state index in [4.69, 9.17) is 10.5 Å². The average molecular weight is 225 g/mol. The first kappa shape index (κ1) is 13.0. The average Bonchev–Trinajstić information content (AvgIpc) is 2.28. The van der Waals surface area contributed by atoms with Crippen LogP contribution in [0.25, 0.3) is 0 Å². The SMILES string of the molecule is COc1cccc(C(C)CCN)c1C(C)F. The fraction of sp³-hybridized carbons (Fsp3) is 0.538.